The molecule has 25 heavy (non-hydrogen) atoms. The molecule has 0 radical (unpaired) electrons. The zero-order valence-electron chi connectivity index (χ0n) is 14.6. The molecular formula is C17H26N4O3S. The standard InChI is InChI=1S/C17H26N4O3S/c1-19-10-12-20(13-11-19)14-17(22)18-15-4-6-16(7-5-15)25(23,24)21-8-2-3-9-21/h4-7H,2-3,8-14H2,1H3,(H,18,22). The van der Waals surface area contributed by atoms with Gasteiger partial charge in [0.2, 0.25) is 15.9 Å². The molecule has 0 aromatic heterocycles. The molecule has 2 aliphatic rings. The SMILES string of the molecule is CN1CCN(CC(=O)Nc2ccc(S(=O)(=O)N3CCCC3)cc2)CC1. The van der Waals surface area contributed by atoms with Crippen LogP contribution in [0.2, 0.25) is 0 Å². The van der Waals surface area contributed by atoms with E-state index >= 15 is 0 Å². The molecule has 7 nitrogen and oxygen atoms in total. The lowest BCUT2D eigenvalue weighted by Crippen LogP contribution is -2.47. The van der Waals surface area contributed by atoms with Crippen LogP contribution in [-0.4, -0.2) is 81.3 Å². The van der Waals surface area contributed by atoms with Crippen LogP contribution in [0.3, 0.4) is 0 Å². The summed E-state index contributed by atoms with van der Waals surface area (Å²) in [4.78, 5) is 16.8. The van der Waals surface area contributed by atoms with Crippen LogP contribution in [-0.2, 0) is 14.8 Å². The first-order chi connectivity index (χ1) is 11.9. The summed E-state index contributed by atoms with van der Waals surface area (Å²) in [6.45, 7) is 5.25. The number of nitrogens with zero attached hydrogens (tertiary/aromatic N) is 3. The van der Waals surface area contributed by atoms with E-state index < -0.39 is 10.0 Å². The number of sulfonamides is 1. The molecule has 0 saturated carbocycles. The Morgan fingerprint density at radius 1 is 1.00 bits per heavy atom. The normalized spacial score (nSPS) is 20.7. The Balaban J connectivity index is 1.56. The molecule has 0 spiro atoms. The molecule has 1 N–H and O–H groups in total. The summed E-state index contributed by atoms with van der Waals surface area (Å²) in [6, 6.07) is 6.45. The predicted octanol–water partition coefficient (Wildman–Crippen LogP) is 0.657. The van der Waals surface area contributed by atoms with Crippen LogP contribution in [0.1, 0.15) is 12.8 Å². The molecule has 8 heteroatoms. The van der Waals surface area contributed by atoms with E-state index in [0.29, 0.717) is 25.3 Å². The van der Waals surface area contributed by atoms with Gasteiger partial charge in [-0.15, -0.1) is 0 Å². The fraction of sp³-hybridized carbons (Fsp3) is 0.588. The van der Waals surface area contributed by atoms with Crippen LogP contribution in [0, 0.1) is 0 Å². The lowest BCUT2D eigenvalue weighted by molar-refractivity contribution is -0.117. The van der Waals surface area contributed by atoms with Gasteiger partial charge in [0.15, 0.2) is 0 Å². The zero-order chi connectivity index (χ0) is 17.9. The second-order valence-electron chi connectivity index (χ2n) is 6.76. The van der Waals surface area contributed by atoms with Gasteiger partial charge in [-0.2, -0.15) is 4.31 Å². The molecule has 2 aliphatic heterocycles. The van der Waals surface area contributed by atoms with E-state index in [-0.39, 0.29) is 10.8 Å². The summed E-state index contributed by atoms with van der Waals surface area (Å²) in [6.07, 6.45) is 1.83. The Kier molecular flexibility index (Phi) is 5.73. The van der Waals surface area contributed by atoms with E-state index in [1.807, 2.05) is 0 Å². The van der Waals surface area contributed by atoms with Crippen LogP contribution in [0.15, 0.2) is 29.2 Å². The number of hydrogen-bond donors (Lipinski definition) is 1. The maximum absolute atomic E-state index is 12.5. The molecule has 138 valence electrons. The number of carbonyl (C=O) groups is 1. The molecule has 0 atom stereocenters. The molecule has 0 aliphatic carbocycles. The van der Waals surface area contributed by atoms with E-state index in [1.54, 1.807) is 24.3 Å². The summed E-state index contributed by atoms with van der Waals surface area (Å²) in [5.41, 5.74) is 0.625. The third kappa shape index (κ3) is 4.58. The van der Waals surface area contributed by atoms with E-state index in [1.165, 1.54) is 4.31 Å². The van der Waals surface area contributed by atoms with Crippen LogP contribution in [0.5, 0.6) is 0 Å². The summed E-state index contributed by atoms with van der Waals surface area (Å²) < 4.78 is 26.5. The molecule has 1 aromatic rings. The first-order valence-corrected chi connectivity index (χ1v) is 10.2. The van der Waals surface area contributed by atoms with Crippen LogP contribution < -0.4 is 5.32 Å². The van der Waals surface area contributed by atoms with Gasteiger partial charge in [0, 0.05) is 45.0 Å². The average Bonchev–Trinajstić information content (AvgIpc) is 3.13. The van der Waals surface area contributed by atoms with Gasteiger partial charge in [-0.3, -0.25) is 9.69 Å². The predicted molar refractivity (Wildman–Crippen MR) is 97.0 cm³/mol. The summed E-state index contributed by atoms with van der Waals surface area (Å²) in [7, 11) is -1.33. The van der Waals surface area contributed by atoms with Crippen molar-refractivity contribution in [2.24, 2.45) is 0 Å². The first kappa shape index (κ1) is 18.3. The van der Waals surface area contributed by atoms with Gasteiger partial charge in [0.25, 0.3) is 0 Å². The van der Waals surface area contributed by atoms with Gasteiger partial charge in [0.05, 0.1) is 11.4 Å². The van der Waals surface area contributed by atoms with E-state index in [9.17, 15) is 13.2 Å². The van der Waals surface area contributed by atoms with Crippen LogP contribution in [0.25, 0.3) is 0 Å². The van der Waals surface area contributed by atoms with Crippen molar-refractivity contribution in [1.82, 2.24) is 14.1 Å². The maximum atomic E-state index is 12.5. The number of carbonyl (C=O) groups excluding carboxylic acids is 1. The average molecular weight is 366 g/mol. The Morgan fingerprint density at radius 3 is 2.20 bits per heavy atom. The zero-order valence-corrected chi connectivity index (χ0v) is 15.5. The molecule has 0 bridgehead atoms. The minimum absolute atomic E-state index is 0.0697. The van der Waals surface area contributed by atoms with E-state index in [0.717, 1.165) is 39.0 Å². The molecule has 1 aromatic carbocycles. The van der Waals surface area contributed by atoms with Crippen molar-refractivity contribution in [3.05, 3.63) is 24.3 Å². The quantitative estimate of drug-likeness (QED) is 0.829. The highest BCUT2D eigenvalue weighted by Crippen LogP contribution is 2.22. The van der Waals surface area contributed by atoms with Crippen molar-refractivity contribution in [1.29, 1.82) is 0 Å². The van der Waals surface area contributed by atoms with Gasteiger partial charge >= 0.3 is 0 Å². The largest absolute Gasteiger partial charge is 0.325 e. The number of benzene rings is 1. The van der Waals surface area contributed by atoms with Gasteiger partial charge in [-0.1, -0.05) is 0 Å². The number of anilines is 1. The topological polar surface area (TPSA) is 73.0 Å². The van der Waals surface area contributed by atoms with Crippen LogP contribution in [0.4, 0.5) is 5.69 Å². The van der Waals surface area contributed by atoms with Crippen molar-refractivity contribution in [2.75, 3.05) is 58.2 Å². The van der Waals surface area contributed by atoms with Crippen molar-refractivity contribution in [3.8, 4) is 0 Å². The molecule has 0 unspecified atom stereocenters. The molecule has 3 rings (SSSR count). The Morgan fingerprint density at radius 2 is 1.60 bits per heavy atom. The van der Waals surface area contributed by atoms with Crippen LogP contribution >= 0.6 is 0 Å². The third-order valence-electron chi connectivity index (χ3n) is 4.80. The van der Waals surface area contributed by atoms with Crippen molar-refractivity contribution in [3.63, 3.8) is 0 Å². The number of likely N-dealkylation sites (N-methyl/N-ethyl adjacent to an activating group) is 1. The lowest BCUT2D eigenvalue weighted by atomic mass is 10.3. The number of rotatable bonds is 5. The smallest absolute Gasteiger partial charge is 0.243 e. The Bertz CT molecular complexity index is 691. The summed E-state index contributed by atoms with van der Waals surface area (Å²) >= 11 is 0. The van der Waals surface area contributed by atoms with Crippen molar-refractivity contribution in [2.45, 2.75) is 17.7 Å². The fourth-order valence-corrected chi connectivity index (χ4v) is 4.71. The van der Waals surface area contributed by atoms with Gasteiger partial charge in [-0.25, -0.2) is 8.42 Å². The molecule has 2 saturated heterocycles. The molecule has 1 amide bonds. The van der Waals surface area contributed by atoms with Gasteiger partial charge in [0.1, 0.15) is 0 Å². The first-order valence-electron chi connectivity index (χ1n) is 8.76. The highest BCUT2D eigenvalue weighted by molar-refractivity contribution is 7.89. The van der Waals surface area contributed by atoms with Gasteiger partial charge < -0.3 is 10.2 Å². The molecular weight excluding hydrogens is 340 g/mol. The Labute approximate surface area is 149 Å². The molecule has 2 fully saturated rings. The van der Waals surface area contributed by atoms with Crippen molar-refractivity contribution >= 4 is 21.6 Å². The summed E-state index contributed by atoms with van der Waals surface area (Å²) in [5, 5.41) is 2.85. The molecule has 2 heterocycles. The third-order valence-corrected chi connectivity index (χ3v) is 6.72. The fourth-order valence-electron chi connectivity index (χ4n) is 3.20. The highest BCUT2D eigenvalue weighted by Gasteiger charge is 2.27. The number of amides is 1. The second-order valence-corrected chi connectivity index (χ2v) is 8.70. The highest BCUT2D eigenvalue weighted by atomic mass is 32.2. The number of hydrogen-bond acceptors (Lipinski definition) is 5. The number of piperazine rings is 1. The second kappa shape index (κ2) is 7.82. The minimum Gasteiger partial charge on any atom is -0.325 e. The maximum Gasteiger partial charge on any atom is 0.243 e. The van der Waals surface area contributed by atoms with Gasteiger partial charge in [-0.05, 0) is 44.2 Å². The number of nitrogens with one attached hydrogen (secondary N) is 1. The summed E-state index contributed by atoms with van der Waals surface area (Å²) in [5.74, 6) is -0.0697. The van der Waals surface area contributed by atoms with E-state index in [4.69, 9.17) is 0 Å². The van der Waals surface area contributed by atoms with Crippen molar-refractivity contribution < 1.29 is 13.2 Å². The Hall–Kier alpha value is -1.48. The van der Waals surface area contributed by atoms with E-state index in [2.05, 4.69) is 22.2 Å². The monoisotopic (exact) mass is 366 g/mol. The minimum atomic E-state index is -3.40. The lowest BCUT2D eigenvalue weighted by Gasteiger charge is -2.31.